The van der Waals surface area contributed by atoms with E-state index in [2.05, 4.69) is 0 Å². The van der Waals surface area contributed by atoms with Gasteiger partial charge in [0.15, 0.2) is 11.5 Å². The number of carbonyl (C=O) groups excluding carboxylic acids is 1. The van der Waals surface area contributed by atoms with Crippen LogP contribution in [0.2, 0.25) is 0 Å². The molecule has 0 aliphatic heterocycles. The number of methoxy groups -OCH3 is 1. The van der Waals surface area contributed by atoms with E-state index in [9.17, 15) is 13.2 Å². The molecule has 2 aromatic carbocycles. The van der Waals surface area contributed by atoms with Crippen molar-refractivity contribution in [1.82, 2.24) is 4.31 Å². The van der Waals surface area contributed by atoms with Crippen molar-refractivity contribution in [1.29, 1.82) is 5.26 Å². The van der Waals surface area contributed by atoms with Crippen molar-refractivity contribution >= 4 is 16.0 Å². The number of ether oxygens (including phenoxy) is 2. The first-order valence-corrected chi connectivity index (χ1v) is 9.40. The molecule has 0 amide bonds. The Morgan fingerprint density at radius 1 is 1.11 bits per heavy atom. The first-order valence-electron chi connectivity index (χ1n) is 7.96. The van der Waals surface area contributed by atoms with Crippen molar-refractivity contribution in [2.45, 2.75) is 18.7 Å². The van der Waals surface area contributed by atoms with Gasteiger partial charge in [-0.1, -0.05) is 0 Å². The SMILES string of the molecule is COc1cc(C#N)ccc1OC(=O)c1cc(C)c(C)c(S(=O)(=O)N(C)C)c1. The molecule has 142 valence electrons. The summed E-state index contributed by atoms with van der Waals surface area (Å²) in [6.45, 7) is 3.41. The molecule has 0 unspecified atom stereocenters. The standard InChI is InChI=1S/C19H20N2O5S/c1-12-8-15(10-18(13(12)2)27(23,24)21(3)4)19(22)26-16-7-6-14(11-20)9-17(16)25-5/h6-10H,1-5H3. The number of aryl methyl sites for hydroxylation is 1. The van der Waals surface area contributed by atoms with Crippen LogP contribution < -0.4 is 9.47 Å². The highest BCUT2D eigenvalue weighted by molar-refractivity contribution is 7.89. The minimum atomic E-state index is -3.72. The van der Waals surface area contributed by atoms with Crippen LogP contribution >= 0.6 is 0 Å². The van der Waals surface area contributed by atoms with E-state index in [0.717, 1.165) is 4.31 Å². The van der Waals surface area contributed by atoms with Gasteiger partial charge < -0.3 is 9.47 Å². The fourth-order valence-corrected chi connectivity index (χ4v) is 3.61. The molecule has 0 saturated carbocycles. The Hall–Kier alpha value is -2.89. The Morgan fingerprint density at radius 3 is 2.33 bits per heavy atom. The topological polar surface area (TPSA) is 96.7 Å². The summed E-state index contributed by atoms with van der Waals surface area (Å²) in [7, 11) is 0.533. The van der Waals surface area contributed by atoms with E-state index in [0.29, 0.717) is 16.7 Å². The van der Waals surface area contributed by atoms with E-state index in [4.69, 9.17) is 14.7 Å². The quantitative estimate of drug-likeness (QED) is 0.577. The van der Waals surface area contributed by atoms with Crippen molar-refractivity contribution in [3.8, 4) is 17.6 Å². The van der Waals surface area contributed by atoms with Gasteiger partial charge >= 0.3 is 5.97 Å². The number of carbonyl (C=O) groups is 1. The Kier molecular flexibility index (Phi) is 5.88. The number of sulfonamides is 1. The van der Waals surface area contributed by atoms with Crippen LogP contribution in [0.25, 0.3) is 0 Å². The van der Waals surface area contributed by atoms with Crippen molar-refractivity contribution in [2.75, 3.05) is 21.2 Å². The van der Waals surface area contributed by atoms with Crippen molar-refractivity contribution < 1.29 is 22.7 Å². The zero-order valence-electron chi connectivity index (χ0n) is 15.7. The number of nitrogens with zero attached hydrogens (tertiary/aromatic N) is 2. The van der Waals surface area contributed by atoms with Crippen LogP contribution in [-0.2, 0) is 10.0 Å². The van der Waals surface area contributed by atoms with Gasteiger partial charge in [0, 0.05) is 20.2 Å². The molecule has 27 heavy (non-hydrogen) atoms. The van der Waals surface area contributed by atoms with Gasteiger partial charge in [0.05, 0.1) is 29.2 Å². The summed E-state index contributed by atoms with van der Waals surface area (Å²) >= 11 is 0. The van der Waals surface area contributed by atoms with Crippen LogP contribution in [0.5, 0.6) is 11.5 Å². The van der Waals surface area contributed by atoms with Gasteiger partial charge in [-0.2, -0.15) is 5.26 Å². The second kappa shape index (κ2) is 7.78. The number of benzene rings is 2. The average Bonchev–Trinajstić information content (AvgIpc) is 2.63. The smallest absolute Gasteiger partial charge is 0.343 e. The first-order chi connectivity index (χ1) is 12.6. The zero-order valence-corrected chi connectivity index (χ0v) is 16.5. The first kappa shape index (κ1) is 20.4. The number of esters is 1. The number of nitriles is 1. The van der Waals surface area contributed by atoms with E-state index in [1.54, 1.807) is 19.9 Å². The molecule has 0 aliphatic rings. The van der Waals surface area contributed by atoms with E-state index in [1.165, 1.54) is 45.5 Å². The van der Waals surface area contributed by atoms with Gasteiger partial charge in [0.2, 0.25) is 10.0 Å². The maximum atomic E-state index is 12.6. The van der Waals surface area contributed by atoms with E-state index in [-0.39, 0.29) is 22.0 Å². The van der Waals surface area contributed by atoms with Gasteiger partial charge in [-0.05, 0) is 49.2 Å². The Labute approximate surface area is 158 Å². The van der Waals surface area contributed by atoms with Gasteiger partial charge in [0.25, 0.3) is 0 Å². The van der Waals surface area contributed by atoms with E-state index < -0.39 is 16.0 Å². The molecule has 7 nitrogen and oxygen atoms in total. The van der Waals surface area contributed by atoms with Crippen molar-refractivity contribution in [2.24, 2.45) is 0 Å². The molecule has 0 spiro atoms. The molecule has 0 aliphatic carbocycles. The Balaban J connectivity index is 2.47. The Morgan fingerprint density at radius 2 is 1.78 bits per heavy atom. The van der Waals surface area contributed by atoms with Crippen LogP contribution in [0.1, 0.15) is 27.0 Å². The van der Waals surface area contributed by atoms with Crippen LogP contribution in [0.4, 0.5) is 0 Å². The maximum Gasteiger partial charge on any atom is 0.343 e. The number of hydrogen-bond acceptors (Lipinski definition) is 6. The van der Waals surface area contributed by atoms with Crippen LogP contribution in [0.3, 0.4) is 0 Å². The lowest BCUT2D eigenvalue weighted by molar-refractivity contribution is 0.0729. The molecule has 0 saturated heterocycles. The molecule has 8 heteroatoms. The zero-order chi connectivity index (χ0) is 20.4. The molecule has 0 fully saturated rings. The molecule has 2 aromatic rings. The minimum absolute atomic E-state index is 0.0474. The second-order valence-corrected chi connectivity index (χ2v) is 8.19. The molecule has 0 atom stereocenters. The normalized spacial score (nSPS) is 11.1. The maximum absolute atomic E-state index is 12.6. The van der Waals surface area contributed by atoms with Crippen molar-refractivity contribution in [3.05, 3.63) is 52.6 Å². The number of rotatable bonds is 5. The van der Waals surface area contributed by atoms with Gasteiger partial charge in [0.1, 0.15) is 0 Å². The fraction of sp³-hybridized carbons (Fsp3) is 0.263. The lowest BCUT2D eigenvalue weighted by Gasteiger charge is -2.16. The van der Waals surface area contributed by atoms with Crippen LogP contribution in [0, 0.1) is 25.2 Å². The molecular formula is C19H20N2O5S. The fourth-order valence-electron chi connectivity index (χ4n) is 2.39. The summed E-state index contributed by atoms with van der Waals surface area (Å²) in [5.41, 5.74) is 1.68. The van der Waals surface area contributed by atoms with Crippen LogP contribution in [0.15, 0.2) is 35.2 Å². The largest absolute Gasteiger partial charge is 0.493 e. The Bertz CT molecular complexity index is 1040. The second-order valence-electron chi connectivity index (χ2n) is 6.07. The molecule has 0 bridgehead atoms. The third-order valence-electron chi connectivity index (χ3n) is 4.11. The lowest BCUT2D eigenvalue weighted by atomic mass is 10.1. The summed E-state index contributed by atoms with van der Waals surface area (Å²) in [5.74, 6) is -0.361. The van der Waals surface area contributed by atoms with E-state index >= 15 is 0 Å². The van der Waals surface area contributed by atoms with E-state index in [1.807, 2.05) is 6.07 Å². The third kappa shape index (κ3) is 4.10. The number of hydrogen-bond donors (Lipinski definition) is 0. The molecule has 0 radical (unpaired) electrons. The summed E-state index contributed by atoms with van der Waals surface area (Å²) in [5, 5.41) is 8.94. The van der Waals surface area contributed by atoms with Crippen LogP contribution in [-0.4, -0.2) is 39.9 Å². The van der Waals surface area contributed by atoms with Crippen molar-refractivity contribution in [3.63, 3.8) is 0 Å². The average molecular weight is 388 g/mol. The highest BCUT2D eigenvalue weighted by atomic mass is 32.2. The highest BCUT2D eigenvalue weighted by Gasteiger charge is 2.24. The van der Waals surface area contributed by atoms with Gasteiger partial charge in [-0.15, -0.1) is 0 Å². The monoisotopic (exact) mass is 388 g/mol. The molecular weight excluding hydrogens is 368 g/mol. The van der Waals surface area contributed by atoms with Gasteiger partial charge in [-0.3, -0.25) is 0 Å². The molecule has 0 aromatic heterocycles. The molecule has 0 N–H and O–H groups in total. The summed E-state index contributed by atoms with van der Waals surface area (Å²) < 4.78 is 36.7. The minimum Gasteiger partial charge on any atom is -0.493 e. The highest BCUT2D eigenvalue weighted by Crippen LogP contribution is 2.29. The predicted molar refractivity (Wildman–Crippen MR) is 99.5 cm³/mol. The molecule has 0 heterocycles. The van der Waals surface area contributed by atoms with Gasteiger partial charge in [-0.25, -0.2) is 17.5 Å². The summed E-state index contributed by atoms with van der Waals surface area (Å²) in [4.78, 5) is 12.6. The summed E-state index contributed by atoms with van der Waals surface area (Å²) in [6, 6.07) is 9.24. The third-order valence-corrected chi connectivity index (χ3v) is 6.05. The lowest BCUT2D eigenvalue weighted by Crippen LogP contribution is -2.24. The predicted octanol–water partition coefficient (Wildman–Crippen LogP) is 2.65. The molecule has 2 rings (SSSR count). The summed E-state index contributed by atoms with van der Waals surface area (Å²) in [6.07, 6.45) is 0.